The molecule has 0 aliphatic heterocycles. The Hall–Kier alpha value is -1.49. The van der Waals surface area contributed by atoms with Gasteiger partial charge in [-0.2, -0.15) is 0 Å². The molecule has 1 aromatic rings. The summed E-state index contributed by atoms with van der Waals surface area (Å²) in [7, 11) is 1.63. The van der Waals surface area contributed by atoms with Crippen LogP contribution in [0.1, 0.15) is 16.1 Å². The van der Waals surface area contributed by atoms with E-state index in [-0.39, 0.29) is 16.3 Å². The van der Waals surface area contributed by atoms with Crippen molar-refractivity contribution < 1.29 is 9.90 Å². The van der Waals surface area contributed by atoms with Gasteiger partial charge in [0, 0.05) is 7.05 Å². The van der Waals surface area contributed by atoms with Crippen LogP contribution in [0, 0.1) is 6.92 Å². The van der Waals surface area contributed by atoms with Gasteiger partial charge >= 0.3 is 5.97 Å². The highest BCUT2D eigenvalue weighted by molar-refractivity contribution is 6.36. The molecule has 5 nitrogen and oxygen atoms in total. The number of aromatic nitrogens is 1. The van der Waals surface area contributed by atoms with Crippen LogP contribution in [0.25, 0.3) is 0 Å². The number of pyridine rings is 1. The van der Waals surface area contributed by atoms with Crippen LogP contribution in [-0.2, 0) is 0 Å². The Bertz CT molecular complexity index is 393. The predicted octanol–water partition coefficient (Wildman–Crippen LogP) is 1.37. The third-order valence-corrected chi connectivity index (χ3v) is 2.20. The zero-order valence-corrected chi connectivity index (χ0v) is 8.51. The molecule has 1 aromatic heterocycles. The standard InChI is InChI=1S/C8H10ClN3O2/c1-3-4(8(13)14)5(9)6(10)7(11-2)12-3/h10H2,1-2H3,(H,11,12)(H,13,14). The van der Waals surface area contributed by atoms with Crippen molar-refractivity contribution >= 4 is 29.1 Å². The van der Waals surface area contributed by atoms with Gasteiger partial charge < -0.3 is 16.2 Å². The van der Waals surface area contributed by atoms with E-state index < -0.39 is 5.97 Å². The zero-order valence-electron chi connectivity index (χ0n) is 7.76. The minimum atomic E-state index is -1.13. The number of rotatable bonds is 2. The summed E-state index contributed by atoms with van der Waals surface area (Å²) in [4.78, 5) is 14.8. The second kappa shape index (κ2) is 3.71. The number of nitrogens with one attached hydrogen (secondary N) is 1. The first-order valence-corrected chi connectivity index (χ1v) is 4.23. The molecular weight excluding hydrogens is 206 g/mol. The van der Waals surface area contributed by atoms with Crippen LogP contribution >= 0.6 is 11.6 Å². The molecule has 0 aliphatic rings. The fourth-order valence-electron chi connectivity index (χ4n) is 1.12. The van der Waals surface area contributed by atoms with Gasteiger partial charge in [-0.05, 0) is 6.92 Å². The van der Waals surface area contributed by atoms with E-state index in [1.807, 2.05) is 0 Å². The molecule has 1 rings (SSSR count). The van der Waals surface area contributed by atoms with E-state index in [2.05, 4.69) is 10.3 Å². The Kier molecular flexibility index (Phi) is 2.81. The molecule has 0 aliphatic carbocycles. The van der Waals surface area contributed by atoms with E-state index in [0.29, 0.717) is 11.5 Å². The number of carboxylic acid groups (broad SMARTS) is 1. The minimum Gasteiger partial charge on any atom is -0.478 e. The third kappa shape index (κ3) is 1.58. The number of carbonyl (C=O) groups is 1. The van der Waals surface area contributed by atoms with E-state index in [4.69, 9.17) is 22.4 Å². The Morgan fingerprint density at radius 2 is 2.21 bits per heavy atom. The molecule has 0 spiro atoms. The largest absolute Gasteiger partial charge is 0.478 e. The summed E-state index contributed by atoms with van der Waals surface area (Å²) in [5, 5.41) is 11.6. The van der Waals surface area contributed by atoms with E-state index in [1.165, 1.54) is 0 Å². The highest BCUT2D eigenvalue weighted by atomic mass is 35.5. The lowest BCUT2D eigenvalue weighted by Crippen LogP contribution is -2.09. The molecule has 0 atom stereocenters. The highest BCUT2D eigenvalue weighted by Crippen LogP contribution is 2.30. The molecule has 0 saturated heterocycles. The molecule has 0 unspecified atom stereocenters. The molecule has 0 radical (unpaired) electrons. The number of halogens is 1. The van der Waals surface area contributed by atoms with Crippen molar-refractivity contribution in [3.8, 4) is 0 Å². The summed E-state index contributed by atoms with van der Waals surface area (Å²) < 4.78 is 0. The van der Waals surface area contributed by atoms with Gasteiger partial charge in [-0.15, -0.1) is 0 Å². The quantitative estimate of drug-likeness (QED) is 0.693. The predicted molar refractivity (Wildman–Crippen MR) is 54.9 cm³/mol. The van der Waals surface area contributed by atoms with E-state index >= 15 is 0 Å². The fraction of sp³-hybridized carbons (Fsp3) is 0.250. The molecule has 0 saturated carbocycles. The Balaban J connectivity index is 3.49. The van der Waals surface area contributed by atoms with Gasteiger partial charge in [-0.25, -0.2) is 9.78 Å². The lowest BCUT2D eigenvalue weighted by molar-refractivity contribution is 0.0696. The van der Waals surface area contributed by atoms with Crippen LogP contribution in [0.4, 0.5) is 11.5 Å². The van der Waals surface area contributed by atoms with Crippen molar-refractivity contribution in [1.29, 1.82) is 0 Å². The summed E-state index contributed by atoms with van der Waals surface area (Å²) in [5.74, 6) is -0.744. The number of hydrogen-bond acceptors (Lipinski definition) is 4. The maximum atomic E-state index is 10.8. The Labute approximate surface area is 85.9 Å². The van der Waals surface area contributed by atoms with Crippen molar-refractivity contribution in [2.24, 2.45) is 0 Å². The first-order chi connectivity index (χ1) is 6.49. The molecule has 6 heteroatoms. The van der Waals surface area contributed by atoms with Gasteiger partial charge in [0.05, 0.1) is 16.4 Å². The zero-order chi connectivity index (χ0) is 10.9. The summed E-state index contributed by atoms with van der Waals surface area (Å²) in [6, 6.07) is 0. The normalized spacial score (nSPS) is 9.93. The van der Waals surface area contributed by atoms with Crippen LogP contribution in [0.3, 0.4) is 0 Å². The van der Waals surface area contributed by atoms with Crippen LogP contribution < -0.4 is 11.1 Å². The monoisotopic (exact) mass is 215 g/mol. The number of aryl methyl sites for hydroxylation is 1. The fourth-order valence-corrected chi connectivity index (χ4v) is 1.43. The van der Waals surface area contributed by atoms with Crippen LogP contribution in [0.5, 0.6) is 0 Å². The molecule has 0 aromatic carbocycles. The lowest BCUT2D eigenvalue weighted by atomic mass is 10.2. The van der Waals surface area contributed by atoms with Crippen LogP contribution in [0.2, 0.25) is 5.02 Å². The summed E-state index contributed by atoms with van der Waals surface area (Å²) in [6.07, 6.45) is 0. The van der Waals surface area contributed by atoms with E-state index in [0.717, 1.165) is 0 Å². The maximum Gasteiger partial charge on any atom is 0.339 e. The number of carboxylic acids is 1. The van der Waals surface area contributed by atoms with Gasteiger partial charge in [0.2, 0.25) is 0 Å². The summed E-state index contributed by atoms with van der Waals surface area (Å²) in [6.45, 7) is 1.57. The van der Waals surface area contributed by atoms with Crippen molar-refractivity contribution in [3.05, 3.63) is 16.3 Å². The number of anilines is 2. The number of nitrogen functional groups attached to an aromatic ring is 1. The molecule has 4 N–H and O–H groups in total. The maximum absolute atomic E-state index is 10.8. The van der Waals surface area contributed by atoms with Crippen molar-refractivity contribution in [1.82, 2.24) is 4.98 Å². The van der Waals surface area contributed by atoms with Crippen molar-refractivity contribution in [2.75, 3.05) is 18.1 Å². The van der Waals surface area contributed by atoms with Gasteiger partial charge in [0.1, 0.15) is 5.56 Å². The molecule has 14 heavy (non-hydrogen) atoms. The summed E-state index contributed by atoms with van der Waals surface area (Å²) >= 11 is 5.79. The molecule has 76 valence electrons. The third-order valence-electron chi connectivity index (χ3n) is 1.80. The number of nitrogens with zero attached hydrogens (tertiary/aromatic N) is 1. The molecular formula is C8H10ClN3O2. The summed E-state index contributed by atoms with van der Waals surface area (Å²) in [5.41, 5.74) is 6.01. The molecule has 0 bridgehead atoms. The number of aromatic carboxylic acids is 1. The number of hydrogen-bond donors (Lipinski definition) is 3. The van der Waals surface area contributed by atoms with Gasteiger partial charge in [-0.3, -0.25) is 0 Å². The van der Waals surface area contributed by atoms with Gasteiger partial charge in [0.25, 0.3) is 0 Å². The molecule has 0 fully saturated rings. The second-order valence-electron chi connectivity index (χ2n) is 2.70. The minimum absolute atomic E-state index is 0.0225. The Morgan fingerprint density at radius 1 is 1.64 bits per heavy atom. The van der Waals surface area contributed by atoms with Crippen molar-refractivity contribution in [3.63, 3.8) is 0 Å². The van der Waals surface area contributed by atoms with E-state index in [1.54, 1.807) is 14.0 Å². The lowest BCUT2D eigenvalue weighted by Gasteiger charge is -2.10. The average molecular weight is 216 g/mol. The highest BCUT2D eigenvalue weighted by Gasteiger charge is 2.18. The molecule has 1 heterocycles. The van der Waals surface area contributed by atoms with E-state index in [9.17, 15) is 4.79 Å². The van der Waals surface area contributed by atoms with Crippen LogP contribution in [-0.4, -0.2) is 23.1 Å². The van der Waals surface area contributed by atoms with Gasteiger partial charge in [-0.1, -0.05) is 11.6 Å². The second-order valence-corrected chi connectivity index (χ2v) is 3.08. The smallest absolute Gasteiger partial charge is 0.339 e. The molecule has 0 amide bonds. The Morgan fingerprint density at radius 3 is 2.64 bits per heavy atom. The van der Waals surface area contributed by atoms with Crippen molar-refractivity contribution in [2.45, 2.75) is 6.92 Å². The topological polar surface area (TPSA) is 88.2 Å². The first kappa shape index (κ1) is 10.6. The first-order valence-electron chi connectivity index (χ1n) is 3.85. The SMILES string of the molecule is CNc1nc(C)c(C(=O)O)c(Cl)c1N. The van der Waals surface area contributed by atoms with Crippen LogP contribution in [0.15, 0.2) is 0 Å². The number of nitrogens with two attached hydrogens (primary N) is 1. The average Bonchev–Trinajstić information content (AvgIpc) is 2.10. The van der Waals surface area contributed by atoms with Gasteiger partial charge in [0.15, 0.2) is 5.82 Å².